The van der Waals surface area contributed by atoms with E-state index in [2.05, 4.69) is 25.5 Å². The van der Waals surface area contributed by atoms with Gasteiger partial charge in [0.2, 0.25) is 11.4 Å². The summed E-state index contributed by atoms with van der Waals surface area (Å²) >= 11 is 0. The molecule has 2 atom stereocenters. The van der Waals surface area contributed by atoms with Gasteiger partial charge < -0.3 is 0 Å². The predicted octanol–water partition coefficient (Wildman–Crippen LogP) is 2.10. The third-order valence-corrected chi connectivity index (χ3v) is 7.34. The minimum absolute atomic E-state index is 0.0749. The number of anilines is 1. The second kappa shape index (κ2) is 9.37. The molecule has 1 fully saturated rings. The molecule has 2 unspecified atom stereocenters. The molecule has 0 aliphatic carbocycles. The van der Waals surface area contributed by atoms with E-state index in [1.54, 1.807) is 45.9 Å². The van der Waals surface area contributed by atoms with Gasteiger partial charge in [-0.15, -0.1) is 0 Å². The smallest absolute Gasteiger partial charge is 0.270 e. The average Bonchev–Trinajstić information content (AvgIpc) is 3.21. The molecular weight excluding hydrogens is 448 g/mol. The summed E-state index contributed by atoms with van der Waals surface area (Å²) in [5, 5.41) is 8.09. The number of carbonyl (C=O) groups is 2. The van der Waals surface area contributed by atoms with E-state index in [0.717, 1.165) is 0 Å². The van der Waals surface area contributed by atoms with Gasteiger partial charge in [-0.05, 0) is 38.8 Å². The fourth-order valence-corrected chi connectivity index (χ4v) is 5.16. The predicted molar refractivity (Wildman–Crippen MR) is 121 cm³/mol. The van der Waals surface area contributed by atoms with Crippen LogP contribution in [0.4, 0.5) is 11.5 Å². The van der Waals surface area contributed by atoms with Crippen LogP contribution in [0.2, 0.25) is 0 Å². The first-order valence-electron chi connectivity index (χ1n) is 10.3. The Morgan fingerprint density at radius 3 is 2.21 bits per heavy atom. The van der Waals surface area contributed by atoms with Crippen molar-refractivity contribution in [2.45, 2.75) is 52.6 Å². The molecular formula is C20H24N8O4S. The Morgan fingerprint density at radius 1 is 1.12 bits per heavy atom. The summed E-state index contributed by atoms with van der Waals surface area (Å²) in [5.41, 5.74) is 2.04. The van der Waals surface area contributed by atoms with Crippen molar-refractivity contribution in [2.75, 3.05) is 5.43 Å². The van der Waals surface area contributed by atoms with Crippen molar-refractivity contribution in [1.82, 2.24) is 23.4 Å². The number of nitrogens with zero attached hydrogens (tertiary/aromatic N) is 7. The number of amides is 2. The molecule has 0 bridgehead atoms. The summed E-state index contributed by atoms with van der Waals surface area (Å²) in [6.45, 7) is 14.0. The van der Waals surface area contributed by atoms with Crippen molar-refractivity contribution >= 4 is 39.2 Å². The first-order chi connectivity index (χ1) is 15.7. The molecule has 2 amide bonds. The topological polar surface area (TPSA) is 134 Å². The van der Waals surface area contributed by atoms with Crippen molar-refractivity contribution in [2.24, 2.45) is 5.10 Å². The molecule has 174 valence electrons. The average molecular weight is 473 g/mol. The van der Waals surface area contributed by atoms with Crippen LogP contribution in [0.1, 0.15) is 40.5 Å². The van der Waals surface area contributed by atoms with Gasteiger partial charge in [0.15, 0.2) is 11.6 Å². The molecule has 12 nitrogen and oxygen atoms in total. The molecule has 0 radical (unpaired) electrons. The van der Waals surface area contributed by atoms with Crippen LogP contribution in [0.5, 0.6) is 0 Å². The van der Waals surface area contributed by atoms with Crippen molar-refractivity contribution in [3.63, 3.8) is 0 Å². The summed E-state index contributed by atoms with van der Waals surface area (Å²) in [6.07, 6.45) is 3.53. The molecule has 0 saturated carbocycles. The number of carbonyl (C=O) groups excluding carboxylic acids is 2. The zero-order valence-corrected chi connectivity index (χ0v) is 19.4. The standard InChI is InChI=1S/C20H24N8O4S/c1-6-13(3)27-19(29)17(20(30)28(14(4)7-2)33(27,31)32)24-25-18-15(21-5)12-23-26(18)16-10-8-9-11-22-16/h8-14,25H,6-7H2,1-4H3. The normalized spacial score (nSPS) is 17.5. The Morgan fingerprint density at radius 2 is 1.73 bits per heavy atom. The molecule has 13 heteroatoms. The molecule has 0 spiro atoms. The number of aromatic nitrogens is 3. The van der Waals surface area contributed by atoms with Crippen molar-refractivity contribution in [1.29, 1.82) is 0 Å². The highest BCUT2D eigenvalue weighted by molar-refractivity contribution is 7.88. The molecule has 1 saturated heterocycles. The first kappa shape index (κ1) is 23.9. The summed E-state index contributed by atoms with van der Waals surface area (Å²) in [4.78, 5) is 33.8. The summed E-state index contributed by atoms with van der Waals surface area (Å²) < 4.78 is 28.9. The fraction of sp³-hybridized carbons (Fsp3) is 0.400. The van der Waals surface area contributed by atoms with Crippen LogP contribution in [-0.2, 0) is 19.8 Å². The number of hydrogen-bond donors (Lipinski definition) is 1. The van der Waals surface area contributed by atoms with Crippen molar-refractivity contribution in [3.05, 3.63) is 42.0 Å². The lowest BCUT2D eigenvalue weighted by molar-refractivity contribution is -0.128. The van der Waals surface area contributed by atoms with E-state index in [1.165, 1.54) is 17.1 Å². The number of pyridine rings is 1. The number of hydrogen-bond acceptors (Lipinski definition) is 8. The van der Waals surface area contributed by atoms with Crippen LogP contribution >= 0.6 is 0 Å². The van der Waals surface area contributed by atoms with E-state index in [4.69, 9.17) is 6.57 Å². The molecule has 0 aromatic carbocycles. The summed E-state index contributed by atoms with van der Waals surface area (Å²) in [6, 6.07) is 3.71. The highest BCUT2D eigenvalue weighted by atomic mass is 32.2. The molecule has 1 aliphatic heterocycles. The zero-order chi connectivity index (χ0) is 24.3. The highest BCUT2D eigenvalue weighted by Gasteiger charge is 2.51. The summed E-state index contributed by atoms with van der Waals surface area (Å²) in [7, 11) is -4.37. The second-order valence-corrected chi connectivity index (χ2v) is 9.07. The third-order valence-electron chi connectivity index (χ3n) is 5.30. The van der Waals surface area contributed by atoms with Gasteiger partial charge in [-0.3, -0.25) is 15.0 Å². The van der Waals surface area contributed by atoms with E-state index in [9.17, 15) is 18.0 Å². The van der Waals surface area contributed by atoms with Crippen LogP contribution < -0.4 is 5.43 Å². The van der Waals surface area contributed by atoms with Gasteiger partial charge in [0.05, 0.1) is 12.8 Å². The lowest BCUT2D eigenvalue weighted by Gasteiger charge is -2.39. The molecule has 1 aliphatic rings. The lowest BCUT2D eigenvalue weighted by Crippen LogP contribution is -2.64. The molecule has 3 rings (SSSR count). The van der Waals surface area contributed by atoms with Crippen LogP contribution in [-0.4, -0.2) is 61.4 Å². The molecule has 3 heterocycles. The maximum absolute atomic E-state index is 13.1. The largest absolute Gasteiger partial charge is 0.331 e. The SMILES string of the molecule is [C-]#[N+]c1cnn(-c2ccccn2)c1NN=C1C(=O)N(C(C)CC)S(=O)(=O)N(C(C)CC)C1=O. The van der Waals surface area contributed by atoms with E-state index in [0.29, 0.717) is 27.3 Å². The summed E-state index contributed by atoms with van der Waals surface area (Å²) in [5.74, 6) is -1.61. The number of hydrazone groups is 1. The maximum atomic E-state index is 13.1. The second-order valence-electron chi connectivity index (χ2n) is 7.39. The van der Waals surface area contributed by atoms with Gasteiger partial charge >= 0.3 is 10.2 Å². The Bertz CT molecular complexity index is 1190. The minimum atomic E-state index is -4.37. The quantitative estimate of drug-likeness (QED) is 0.482. The van der Waals surface area contributed by atoms with Crippen LogP contribution in [0.25, 0.3) is 10.7 Å². The maximum Gasteiger partial charge on any atom is 0.331 e. The van der Waals surface area contributed by atoms with Crippen LogP contribution in [0.3, 0.4) is 0 Å². The number of nitrogens with one attached hydrogen (secondary N) is 1. The third kappa shape index (κ3) is 4.17. The fourth-order valence-electron chi connectivity index (χ4n) is 3.17. The Hall–Kier alpha value is -3.79. The van der Waals surface area contributed by atoms with Gasteiger partial charge in [0, 0.05) is 18.3 Å². The minimum Gasteiger partial charge on any atom is -0.270 e. The molecule has 2 aromatic rings. The number of rotatable bonds is 7. The molecule has 1 N–H and O–H groups in total. The Labute approximate surface area is 191 Å². The van der Waals surface area contributed by atoms with E-state index < -0.39 is 39.8 Å². The van der Waals surface area contributed by atoms with Gasteiger partial charge in [-0.25, -0.2) is 23.1 Å². The Kier molecular flexibility index (Phi) is 6.78. The van der Waals surface area contributed by atoms with Crippen LogP contribution in [0.15, 0.2) is 35.7 Å². The van der Waals surface area contributed by atoms with E-state index in [1.807, 2.05) is 0 Å². The van der Waals surface area contributed by atoms with Gasteiger partial charge in [-0.1, -0.05) is 19.9 Å². The molecule has 2 aromatic heterocycles. The highest BCUT2D eigenvalue weighted by Crippen LogP contribution is 2.28. The van der Waals surface area contributed by atoms with E-state index in [-0.39, 0.29) is 11.5 Å². The zero-order valence-electron chi connectivity index (χ0n) is 18.6. The molecule has 33 heavy (non-hydrogen) atoms. The van der Waals surface area contributed by atoms with Crippen LogP contribution in [0, 0.1) is 6.57 Å². The Balaban J connectivity index is 2.10. The monoisotopic (exact) mass is 472 g/mol. The lowest BCUT2D eigenvalue weighted by atomic mass is 10.2. The van der Waals surface area contributed by atoms with E-state index >= 15 is 0 Å². The first-order valence-corrected chi connectivity index (χ1v) is 11.7. The van der Waals surface area contributed by atoms with Crippen molar-refractivity contribution in [3.8, 4) is 5.82 Å². The van der Waals surface area contributed by atoms with Gasteiger partial charge in [-0.2, -0.15) is 18.6 Å². The van der Waals surface area contributed by atoms with Gasteiger partial charge in [0.25, 0.3) is 11.8 Å². The van der Waals surface area contributed by atoms with Crippen molar-refractivity contribution < 1.29 is 18.0 Å². The van der Waals surface area contributed by atoms with Gasteiger partial charge in [0.1, 0.15) is 0 Å².